The summed E-state index contributed by atoms with van der Waals surface area (Å²) >= 11 is 0. The number of hydrogen-bond acceptors (Lipinski definition) is 5. The van der Waals surface area contributed by atoms with Crippen LogP contribution < -0.4 is 25.2 Å². The smallest absolute Gasteiger partial charge is 0.368 e. The number of hydroxylamine groups is 2. The Kier molecular flexibility index (Phi) is 5.92. The standard InChI is InChI=1S/C30H30BN2O3/c1-3-32(4-2)26-19-20-27-29(21-26)35-31(24-14-7-5-8-15-24,25-16-9-6-10-17-25)36-33-22-23-13-11-12-18-28(23)34-30(27)33/h5-21,30H,3-4,22H2,1-2H3/q-1. The van der Waals surface area contributed by atoms with E-state index in [1.807, 2.05) is 59.7 Å². The lowest BCUT2D eigenvalue weighted by molar-refractivity contribution is -0.189. The lowest BCUT2D eigenvalue weighted by Crippen LogP contribution is -2.67. The molecule has 0 N–H and O–H groups in total. The second kappa shape index (κ2) is 9.38. The molecule has 6 heteroatoms. The maximum Gasteiger partial charge on any atom is 0.368 e. The molecular weight excluding hydrogens is 447 g/mol. The maximum absolute atomic E-state index is 7.08. The molecule has 0 aromatic heterocycles. The number of hydrogen-bond donors (Lipinski definition) is 0. The first-order valence-corrected chi connectivity index (χ1v) is 12.7. The molecule has 0 aliphatic carbocycles. The Labute approximate surface area is 212 Å². The van der Waals surface area contributed by atoms with E-state index in [1.54, 1.807) is 0 Å². The molecule has 4 aromatic carbocycles. The summed E-state index contributed by atoms with van der Waals surface area (Å²) in [5.74, 6) is 1.65. The van der Waals surface area contributed by atoms with Gasteiger partial charge in [-0.2, -0.15) is 5.06 Å². The van der Waals surface area contributed by atoms with E-state index in [-0.39, 0.29) is 0 Å². The van der Waals surface area contributed by atoms with Crippen LogP contribution >= 0.6 is 0 Å². The molecule has 182 valence electrons. The van der Waals surface area contributed by atoms with Crippen LogP contribution in [-0.2, 0) is 11.3 Å². The second-order valence-corrected chi connectivity index (χ2v) is 9.30. The van der Waals surface area contributed by atoms with Crippen LogP contribution in [0.3, 0.4) is 0 Å². The quantitative estimate of drug-likeness (QED) is 0.378. The van der Waals surface area contributed by atoms with Gasteiger partial charge in [0.2, 0.25) is 0 Å². The first-order chi connectivity index (χ1) is 17.7. The first-order valence-electron chi connectivity index (χ1n) is 12.7. The summed E-state index contributed by atoms with van der Waals surface area (Å²) in [6.45, 7) is 4.66. The molecule has 1 unspecified atom stereocenters. The summed E-state index contributed by atoms with van der Waals surface area (Å²) in [5, 5.41) is 1.95. The van der Waals surface area contributed by atoms with E-state index in [9.17, 15) is 0 Å². The molecular formula is C30H30BN2O3-. The molecule has 2 heterocycles. The largest absolute Gasteiger partial charge is 0.684 e. The van der Waals surface area contributed by atoms with Crippen molar-refractivity contribution in [2.75, 3.05) is 18.0 Å². The van der Waals surface area contributed by atoms with Crippen LogP contribution in [0.5, 0.6) is 11.5 Å². The summed E-state index contributed by atoms with van der Waals surface area (Å²) < 4.78 is 20.7. The van der Waals surface area contributed by atoms with E-state index < -0.39 is 12.8 Å². The highest BCUT2D eigenvalue weighted by molar-refractivity contribution is 6.93. The summed E-state index contributed by atoms with van der Waals surface area (Å²) in [6, 6.07) is 35.1. The average Bonchev–Trinajstić information content (AvgIpc) is 3.08. The molecule has 5 nitrogen and oxygen atoms in total. The van der Waals surface area contributed by atoms with Gasteiger partial charge in [-0.05, 0) is 38.1 Å². The average molecular weight is 477 g/mol. The normalized spacial score (nSPS) is 18.0. The molecule has 0 spiro atoms. The van der Waals surface area contributed by atoms with Gasteiger partial charge >= 0.3 is 6.55 Å². The Bertz CT molecular complexity index is 1310. The zero-order chi connectivity index (χ0) is 24.5. The van der Waals surface area contributed by atoms with Crippen molar-refractivity contribution in [2.24, 2.45) is 0 Å². The van der Waals surface area contributed by atoms with Crippen LogP contribution in [0.1, 0.15) is 31.2 Å². The molecule has 36 heavy (non-hydrogen) atoms. The number of nitrogens with zero attached hydrogens (tertiary/aromatic N) is 2. The van der Waals surface area contributed by atoms with E-state index >= 15 is 0 Å². The Balaban J connectivity index is 1.58. The monoisotopic (exact) mass is 477 g/mol. The minimum absolute atomic E-state index is 0.433. The fourth-order valence-electron chi connectivity index (χ4n) is 5.36. The van der Waals surface area contributed by atoms with Crippen molar-refractivity contribution < 1.29 is 14.1 Å². The third kappa shape index (κ3) is 3.83. The van der Waals surface area contributed by atoms with Crippen molar-refractivity contribution in [3.05, 3.63) is 114 Å². The predicted octanol–water partition coefficient (Wildman–Crippen LogP) is 5.01. The molecule has 0 saturated heterocycles. The van der Waals surface area contributed by atoms with Crippen LogP contribution in [0.25, 0.3) is 0 Å². The van der Waals surface area contributed by atoms with Gasteiger partial charge in [-0.3, -0.25) is 0 Å². The minimum Gasteiger partial charge on any atom is -0.684 e. The number of fused-ring (bicyclic) bond motifs is 4. The van der Waals surface area contributed by atoms with E-state index in [2.05, 4.69) is 67.3 Å². The van der Waals surface area contributed by atoms with Crippen molar-refractivity contribution in [3.8, 4) is 11.5 Å². The van der Waals surface area contributed by atoms with Gasteiger partial charge < -0.3 is 19.0 Å². The van der Waals surface area contributed by atoms with E-state index in [4.69, 9.17) is 14.1 Å². The Morgan fingerprint density at radius 1 is 0.778 bits per heavy atom. The van der Waals surface area contributed by atoms with Crippen LogP contribution in [-0.4, -0.2) is 24.7 Å². The van der Waals surface area contributed by atoms with Crippen LogP contribution in [0.15, 0.2) is 103 Å². The van der Waals surface area contributed by atoms with Gasteiger partial charge in [0.15, 0.2) is 6.23 Å². The zero-order valence-corrected chi connectivity index (χ0v) is 20.7. The predicted molar refractivity (Wildman–Crippen MR) is 145 cm³/mol. The topological polar surface area (TPSA) is 34.2 Å². The Morgan fingerprint density at radius 2 is 1.42 bits per heavy atom. The third-order valence-corrected chi connectivity index (χ3v) is 7.24. The van der Waals surface area contributed by atoms with Gasteiger partial charge in [0.05, 0.1) is 12.3 Å². The summed E-state index contributed by atoms with van der Waals surface area (Å²) in [7, 11) is 0. The van der Waals surface area contributed by atoms with Gasteiger partial charge in [-0.15, -0.1) is 10.9 Å². The van der Waals surface area contributed by atoms with Crippen LogP contribution in [0.2, 0.25) is 0 Å². The van der Waals surface area contributed by atoms with Crippen molar-refractivity contribution in [1.82, 2.24) is 5.06 Å². The van der Waals surface area contributed by atoms with Crippen molar-refractivity contribution in [3.63, 3.8) is 0 Å². The van der Waals surface area contributed by atoms with Crippen LogP contribution in [0.4, 0.5) is 5.69 Å². The second-order valence-electron chi connectivity index (χ2n) is 9.30. The zero-order valence-electron chi connectivity index (χ0n) is 20.7. The van der Waals surface area contributed by atoms with Gasteiger partial charge in [0.25, 0.3) is 0 Å². The number of rotatable bonds is 5. The summed E-state index contributed by atoms with van der Waals surface area (Å²) in [4.78, 5) is 2.32. The lowest BCUT2D eigenvalue weighted by atomic mass is 9.46. The van der Waals surface area contributed by atoms with Gasteiger partial charge in [-0.1, -0.05) is 78.9 Å². The lowest BCUT2D eigenvalue weighted by Gasteiger charge is -2.46. The molecule has 6 rings (SSSR count). The molecule has 0 bridgehead atoms. The molecule has 4 aromatic rings. The van der Waals surface area contributed by atoms with E-state index in [0.29, 0.717) is 6.54 Å². The van der Waals surface area contributed by atoms with Gasteiger partial charge in [0.1, 0.15) is 5.75 Å². The molecule has 2 aliphatic rings. The highest BCUT2D eigenvalue weighted by atomic mass is 16.8. The van der Waals surface area contributed by atoms with Crippen LogP contribution in [0, 0.1) is 0 Å². The highest BCUT2D eigenvalue weighted by Crippen LogP contribution is 2.43. The van der Waals surface area contributed by atoms with Crippen molar-refractivity contribution in [1.29, 1.82) is 0 Å². The van der Waals surface area contributed by atoms with E-state index in [0.717, 1.165) is 52.3 Å². The fraction of sp³-hybridized carbons (Fsp3) is 0.200. The molecule has 0 fully saturated rings. The van der Waals surface area contributed by atoms with Crippen molar-refractivity contribution >= 4 is 23.2 Å². The number of para-hydroxylation sites is 1. The number of ether oxygens (including phenoxy) is 1. The van der Waals surface area contributed by atoms with E-state index in [1.165, 1.54) is 0 Å². The molecule has 0 radical (unpaired) electrons. The molecule has 2 aliphatic heterocycles. The Hall–Kier alpha value is -3.74. The van der Waals surface area contributed by atoms with Crippen molar-refractivity contribution in [2.45, 2.75) is 26.6 Å². The number of anilines is 1. The van der Waals surface area contributed by atoms with Gasteiger partial charge in [0, 0.05) is 29.9 Å². The molecule has 1 atom stereocenters. The third-order valence-electron chi connectivity index (χ3n) is 7.24. The Morgan fingerprint density at radius 3 is 2.08 bits per heavy atom. The fourth-order valence-corrected chi connectivity index (χ4v) is 5.36. The van der Waals surface area contributed by atoms with Gasteiger partial charge in [-0.25, -0.2) is 0 Å². The molecule has 0 amide bonds. The summed E-state index contributed by atoms with van der Waals surface area (Å²) in [6.07, 6.45) is -0.433. The summed E-state index contributed by atoms with van der Waals surface area (Å²) in [5.41, 5.74) is 5.11. The first kappa shape index (κ1) is 22.7. The highest BCUT2D eigenvalue weighted by Gasteiger charge is 2.44. The minimum atomic E-state index is -2.10. The number of benzene rings is 4. The maximum atomic E-state index is 7.08. The SMILES string of the molecule is CCN(CC)c1ccc2c(c1)O[B-](c1ccccc1)(c1ccccc1)ON1Cc3ccccc3OC21. The molecule has 0 saturated carbocycles.